The Morgan fingerprint density at radius 1 is 1.16 bits per heavy atom. The molecule has 0 heterocycles. The molecule has 0 radical (unpaired) electrons. The van der Waals surface area contributed by atoms with Crippen molar-refractivity contribution in [2.45, 2.75) is 55.7 Å². The van der Waals surface area contributed by atoms with Crippen molar-refractivity contribution in [3.63, 3.8) is 0 Å². The number of alkyl halides is 1. The van der Waals surface area contributed by atoms with Crippen LogP contribution in [0.2, 0.25) is 0 Å². The average Bonchev–Trinajstić information content (AvgIpc) is 2.29. The first-order valence-corrected chi connectivity index (χ1v) is 7.91. The molecule has 4 aliphatic rings. The van der Waals surface area contributed by atoms with E-state index in [-0.39, 0.29) is 4.87 Å². The molecular formula is C17H22ClN. The summed E-state index contributed by atoms with van der Waals surface area (Å²) in [6.45, 7) is 2.09. The molecule has 0 saturated heterocycles. The zero-order valence-corrected chi connectivity index (χ0v) is 12.3. The first-order valence-electron chi connectivity index (χ1n) is 7.54. The van der Waals surface area contributed by atoms with Gasteiger partial charge in [-0.1, -0.05) is 12.1 Å². The van der Waals surface area contributed by atoms with Crippen LogP contribution in [0.3, 0.4) is 0 Å². The van der Waals surface area contributed by atoms with Gasteiger partial charge in [-0.15, -0.1) is 11.6 Å². The first-order chi connectivity index (χ1) is 8.98. The van der Waals surface area contributed by atoms with Gasteiger partial charge in [-0.2, -0.15) is 0 Å². The SMILES string of the molecule is Cc1ccc(C23C[C@@H]4C[C@@H](CC(Cl)(C4)C2)C3)cc1N. The van der Waals surface area contributed by atoms with Gasteiger partial charge < -0.3 is 5.73 Å². The molecule has 4 bridgehead atoms. The lowest BCUT2D eigenvalue weighted by atomic mass is 9.47. The molecule has 102 valence electrons. The fraction of sp³-hybridized carbons (Fsp3) is 0.647. The van der Waals surface area contributed by atoms with E-state index in [0.29, 0.717) is 5.41 Å². The summed E-state index contributed by atoms with van der Waals surface area (Å²) in [5.41, 5.74) is 10.1. The minimum atomic E-state index is 0.0870. The first kappa shape index (κ1) is 12.1. The van der Waals surface area contributed by atoms with Crippen LogP contribution in [0.5, 0.6) is 0 Å². The minimum absolute atomic E-state index is 0.0870. The maximum Gasteiger partial charge on any atom is 0.0460 e. The maximum atomic E-state index is 6.91. The lowest BCUT2D eigenvalue weighted by molar-refractivity contribution is 0.00901. The third-order valence-corrected chi connectivity index (χ3v) is 6.32. The number of halogens is 1. The second kappa shape index (κ2) is 3.69. The lowest BCUT2D eigenvalue weighted by Crippen LogP contribution is -2.55. The molecule has 0 spiro atoms. The fourth-order valence-electron chi connectivity index (χ4n) is 5.46. The van der Waals surface area contributed by atoms with Crippen LogP contribution in [0.4, 0.5) is 5.69 Å². The van der Waals surface area contributed by atoms with Gasteiger partial charge in [0.1, 0.15) is 0 Å². The van der Waals surface area contributed by atoms with Crippen molar-refractivity contribution >= 4 is 17.3 Å². The molecule has 4 atom stereocenters. The average molecular weight is 276 g/mol. The molecule has 2 N–H and O–H groups in total. The highest BCUT2D eigenvalue weighted by molar-refractivity contribution is 6.24. The molecule has 2 unspecified atom stereocenters. The molecule has 2 heteroatoms. The van der Waals surface area contributed by atoms with E-state index in [1.54, 1.807) is 0 Å². The standard InChI is InChI=1S/C17H22ClN/c1-11-2-3-14(5-15(11)19)16-6-12-4-13(7-16)9-17(18,8-12)10-16/h2-3,5,12-13H,4,6-10,19H2,1H3/t12-,13+,16?,17?. The number of benzene rings is 1. The molecule has 19 heavy (non-hydrogen) atoms. The van der Waals surface area contributed by atoms with Crippen LogP contribution < -0.4 is 5.73 Å². The second-order valence-corrected chi connectivity index (χ2v) is 8.27. The van der Waals surface area contributed by atoms with Crippen molar-refractivity contribution in [1.82, 2.24) is 0 Å². The molecule has 1 aromatic carbocycles. The summed E-state index contributed by atoms with van der Waals surface area (Å²) in [5, 5.41) is 0. The van der Waals surface area contributed by atoms with Crippen LogP contribution in [0.25, 0.3) is 0 Å². The molecule has 0 amide bonds. The highest BCUT2D eigenvalue weighted by Crippen LogP contribution is 2.64. The van der Waals surface area contributed by atoms with Gasteiger partial charge in [0.2, 0.25) is 0 Å². The van der Waals surface area contributed by atoms with Crippen LogP contribution in [0.15, 0.2) is 18.2 Å². The summed E-state index contributed by atoms with van der Waals surface area (Å²) in [5.74, 6) is 1.70. The van der Waals surface area contributed by atoms with Crippen LogP contribution in [0, 0.1) is 18.8 Å². The summed E-state index contributed by atoms with van der Waals surface area (Å²) in [7, 11) is 0. The van der Waals surface area contributed by atoms with Crippen LogP contribution in [-0.4, -0.2) is 4.87 Å². The van der Waals surface area contributed by atoms with E-state index in [9.17, 15) is 0 Å². The third kappa shape index (κ3) is 1.74. The van der Waals surface area contributed by atoms with Crippen molar-refractivity contribution < 1.29 is 0 Å². The van der Waals surface area contributed by atoms with Gasteiger partial charge in [0.05, 0.1) is 0 Å². The quantitative estimate of drug-likeness (QED) is 0.596. The van der Waals surface area contributed by atoms with Crippen LogP contribution in [0.1, 0.15) is 49.7 Å². The number of rotatable bonds is 1. The smallest absolute Gasteiger partial charge is 0.0460 e. The zero-order chi connectivity index (χ0) is 13.3. The summed E-state index contributed by atoms with van der Waals surface area (Å²) in [4.78, 5) is 0.0870. The Balaban J connectivity index is 1.79. The molecule has 5 rings (SSSR count). The van der Waals surface area contributed by atoms with E-state index in [2.05, 4.69) is 25.1 Å². The Morgan fingerprint density at radius 3 is 2.42 bits per heavy atom. The van der Waals surface area contributed by atoms with Crippen LogP contribution in [-0.2, 0) is 5.41 Å². The van der Waals surface area contributed by atoms with Gasteiger partial charge in [0.25, 0.3) is 0 Å². The predicted molar refractivity (Wildman–Crippen MR) is 80.5 cm³/mol. The van der Waals surface area contributed by atoms with Gasteiger partial charge in [0, 0.05) is 10.6 Å². The molecular weight excluding hydrogens is 254 g/mol. The van der Waals surface area contributed by atoms with E-state index in [0.717, 1.165) is 23.9 Å². The zero-order valence-electron chi connectivity index (χ0n) is 11.6. The van der Waals surface area contributed by atoms with Crippen LogP contribution >= 0.6 is 11.6 Å². The van der Waals surface area contributed by atoms with Crippen molar-refractivity contribution in [1.29, 1.82) is 0 Å². The van der Waals surface area contributed by atoms with E-state index in [4.69, 9.17) is 17.3 Å². The summed E-state index contributed by atoms with van der Waals surface area (Å²) >= 11 is 6.91. The largest absolute Gasteiger partial charge is 0.399 e. The summed E-state index contributed by atoms with van der Waals surface area (Å²) in [6.07, 6.45) is 7.73. The predicted octanol–water partition coefficient (Wildman–Crippen LogP) is 4.41. The topological polar surface area (TPSA) is 26.0 Å². The van der Waals surface area contributed by atoms with E-state index < -0.39 is 0 Å². The Morgan fingerprint density at radius 2 is 1.84 bits per heavy atom. The molecule has 0 aliphatic heterocycles. The number of nitrogens with two attached hydrogens (primary N) is 1. The normalized spacial score (nSPS) is 43.7. The fourth-order valence-corrected chi connectivity index (χ4v) is 6.15. The molecule has 4 saturated carbocycles. The number of anilines is 1. The van der Waals surface area contributed by atoms with Gasteiger partial charge in [-0.3, -0.25) is 0 Å². The van der Waals surface area contributed by atoms with E-state index >= 15 is 0 Å². The summed E-state index contributed by atoms with van der Waals surface area (Å²) < 4.78 is 0. The monoisotopic (exact) mass is 275 g/mol. The maximum absolute atomic E-state index is 6.91. The highest BCUT2D eigenvalue weighted by atomic mass is 35.5. The third-order valence-electron chi connectivity index (χ3n) is 5.88. The Bertz CT molecular complexity index is 522. The number of aryl methyl sites for hydroxylation is 1. The molecule has 1 nitrogen and oxygen atoms in total. The molecule has 4 fully saturated rings. The minimum Gasteiger partial charge on any atom is -0.399 e. The summed E-state index contributed by atoms with van der Waals surface area (Å²) in [6, 6.07) is 6.71. The Hall–Kier alpha value is -0.690. The van der Waals surface area contributed by atoms with Crippen molar-refractivity contribution in [2.24, 2.45) is 11.8 Å². The van der Waals surface area contributed by atoms with E-state index in [1.807, 2.05) is 0 Å². The highest BCUT2D eigenvalue weighted by Gasteiger charge is 2.57. The lowest BCUT2D eigenvalue weighted by Gasteiger charge is -2.60. The molecule has 4 aliphatic carbocycles. The van der Waals surface area contributed by atoms with Gasteiger partial charge in [-0.25, -0.2) is 0 Å². The Kier molecular flexibility index (Phi) is 2.35. The van der Waals surface area contributed by atoms with Crippen molar-refractivity contribution in [3.8, 4) is 0 Å². The number of hydrogen-bond donors (Lipinski definition) is 1. The van der Waals surface area contributed by atoms with E-state index in [1.165, 1.54) is 43.2 Å². The Labute approximate surface area is 120 Å². The number of nitrogen functional groups attached to an aromatic ring is 1. The van der Waals surface area contributed by atoms with Gasteiger partial charge in [-0.05, 0) is 79.9 Å². The molecule has 0 aromatic heterocycles. The van der Waals surface area contributed by atoms with Crippen molar-refractivity contribution in [2.75, 3.05) is 5.73 Å². The second-order valence-electron chi connectivity index (χ2n) is 7.46. The van der Waals surface area contributed by atoms with Gasteiger partial charge in [0.15, 0.2) is 0 Å². The number of hydrogen-bond acceptors (Lipinski definition) is 1. The van der Waals surface area contributed by atoms with Gasteiger partial charge >= 0.3 is 0 Å². The van der Waals surface area contributed by atoms with Crippen molar-refractivity contribution in [3.05, 3.63) is 29.3 Å². The molecule has 1 aromatic rings.